The molecule has 0 aromatic heterocycles. The summed E-state index contributed by atoms with van der Waals surface area (Å²) in [6.07, 6.45) is -10.2. The summed E-state index contributed by atoms with van der Waals surface area (Å²) in [5.74, 6) is 0. The van der Waals surface area contributed by atoms with Crippen molar-refractivity contribution in [2.24, 2.45) is 5.73 Å². The van der Waals surface area contributed by atoms with E-state index in [2.05, 4.69) is 0 Å². The van der Waals surface area contributed by atoms with Crippen LogP contribution in [0.1, 0.15) is 29.2 Å². The van der Waals surface area contributed by atoms with E-state index in [1.807, 2.05) is 0 Å². The number of nitrogens with two attached hydrogens (primary N) is 1. The van der Waals surface area contributed by atoms with Crippen molar-refractivity contribution in [3.63, 3.8) is 0 Å². The minimum absolute atomic E-state index is 0.00562. The molecular weight excluding hydrogens is 279 g/mol. The van der Waals surface area contributed by atoms with E-state index in [1.54, 1.807) is 0 Å². The molecule has 1 aromatic rings. The Bertz CT molecular complexity index is 403. The molecule has 19 heavy (non-hydrogen) atoms. The second-order valence-electron chi connectivity index (χ2n) is 3.92. The van der Waals surface area contributed by atoms with E-state index in [1.165, 1.54) is 0 Å². The van der Waals surface area contributed by atoms with E-state index in [9.17, 15) is 30.7 Å². The Hall–Kier alpha value is -1.31. The summed E-state index contributed by atoms with van der Waals surface area (Å²) in [6.45, 7) is -0.932. The van der Waals surface area contributed by atoms with Gasteiger partial charge in [-0.2, -0.15) is 26.3 Å². The Morgan fingerprint density at radius 2 is 1.32 bits per heavy atom. The fraction of sp³-hybridized carbons (Fsp3) is 0.455. The van der Waals surface area contributed by atoms with Gasteiger partial charge in [0, 0.05) is 6.04 Å². The minimum Gasteiger partial charge on any atom is -0.324 e. The van der Waals surface area contributed by atoms with Crippen LogP contribution in [0.2, 0.25) is 0 Å². The first-order valence-electron chi connectivity index (χ1n) is 5.16. The standard InChI is InChI=1S/C11H10F7N/c12-2-1-9(19)6-3-7(10(13,14)15)5-8(4-6)11(16,17)18/h3-5,9H,1-2,19H2/t9-/m0/s1. The van der Waals surface area contributed by atoms with Gasteiger partial charge in [0.25, 0.3) is 0 Å². The van der Waals surface area contributed by atoms with Gasteiger partial charge >= 0.3 is 12.4 Å². The molecular formula is C11H10F7N. The molecule has 108 valence electrons. The van der Waals surface area contributed by atoms with Gasteiger partial charge in [-0.15, -0.1) is 0 Å². The third-order valence-electron chi connectivity index (χ3n) is 2.46. The molecule has 8 heteroatoms. The van der Waals surface area contributed by atoms with Gasteiger partial charge in [-0.05, 0) is 30.2 Å². The second kappa shape index (κ2) is 5.36. The van der Waals surface area contributed by atoms with Crippen LogP contribution in [0.25, 0.3) is 0 Å². The summed E-state index contributed by atoms with van der Waals surface area (Å²) in [4.78, 5) is 0. The van der Waals surface area contributed by atoms with Crippen molar-refractivity contribution < 1.29 is 30.7 Å². The molecule has 0 fully saturated rings. The maximum atomic E-state index is 12.5. The molecule has 1 nitrogen and oxygen atoms in total. The van der Waals surface area contributed by atoms with Crippen molar-refractivity contribution in [2.75, 3.05) is 6.67 Å². The molecule has 0 aliphatic heterocycles. The number of benzene rings is 1. The Labute approximate surface area is 104 Å². The molecule has 0 aliphatic rings. The molecule has 0 radical (unpaired) electrons. The normalized spacial score (nSPS) is 14.5. The van der Waals surface area contributed by atoms with Crippen molar-refractivity contribution in [3.8, 4) is 0 Å². The van der Waals surface area contributed by atoms with Crippen LogP contribution in [0.4, 0.5) is 30.7 Å². The molecule has 0 unspecified atom stereocenters. The number of hydrogen-bond acceptors (Lipinski definition) is 1. The van der Waals surface area contributed by atoms with Crippen molar-refractivity contribution in [1.29, 1.82) is 0 Å². The summed E-state index contributed by atoms with van der Waals surface area (Å²) in [7, 11) is 0. The molecule has 0 bridgehead atoms. The van der Waals surface area contributed by atoms with Crippen molar-refractivity contribution in [1.82, 2.24) is 0 Å². The maximum Gasteiger partial charge on any atom is 0.416 e. The molecule has 1 aromatic carbocycles. The summed E-state index contributed by atoms with van der Waals surface area (Å²) < 4.78 is 87.1. The molecule has 1 atom stereocenters. The van der Waals surface area contributed by atoms with Crippen LogP contribution >= 0.6 is 0 Å². The number of rotatable bonds is 3. The first-order chi connectivity index (χ1) is 8.55. The van der Waals surface area contributed by atoms with Gasteiger partial charge in [-0.1, -0.05) is 0 Å². The van der Waals surface area contributed by atoms with E-state index in [0.29, 0.717) is 12.1 Å². The van der Waals surface area contributed by atoms with Crippen molar-refractivity contribution in [3.05, 3.63) is 34.9 Å². The minimum atomic E-state index is -4.93. The zero-order valence-electron chi connectivity index (χ0n) is 9.45. The zero-order chi connectivity index (χ0) is 14.8. The molecule has 0 amide bonds. The topological polar surface area (TPSA) is 26.0 Å². The van der Waals surface area contributed by atoms with E-state index in [-0.39, 0.29) is 18.1 Å². The first-order valence-corrected chi connectivity index (χ1v) is 5.16. The quantitative estimate of drug-likeness (QED) is 0.833. The molecule has 0 aliphatic carbocycles. The first kappa shape index (κ1) is 15.7. The lowest BCUT2D eigenvalue weighted by molar-refractivity contribution is -0.143. The predicted molar refractivity (Wildman–Crippen MR) is 54.0 cm³/mol. The number of hydrogen-bond donors (Lipinski definition) is 1. The molecule has 0 heterocycles. The van der Waals surface area contributed by atoms with E-state index < -0.39 is 36.2 Å². The highest BCUT2D eigenvalue weighted by atomic mass is 19.4. The lowest BCUT2D eigenvalue weighted by Gasteiger charge is -2.17. The van der Waals surface area contributed by atoms with E-state index in [4.69, 9.17) is 5.73 Å². The Kier molecular flexibility index (Phi) is 4.44. The Morgan fingerprint density at radius 1 is 0.895 bits per heavy atom. The maximum absolute atomic E-state index is 12.5. The molecule has 1 rings (SSSR count). The third kappa shape index (κ3) is 4.09. The van der Waals surface area contributed by atoms with Crippen LogP contribution in [0.3, 0.4) is 0 Å². The SMILES string of the molecule is N[C@@H](CCF)c1cc(C(F)(F)F)cc(C(F)(F)F)c1. The highest BCUT2D eigenvalue weighted by molar-refractivity contribution is 5.35. The summed E-state index contributed by atoms with van der Waals surface area (Å²) >= 11 is 0. The van der Waals surface area contributed by atoms with Gasteiger partial charge in [0.15, 0.2) is 0 Å². The Morgan fingerprint density at radius 3 is 1.63 bits per heavy atom. The third-order valence-corrected chi connectivity index (χ3v) is 2.46. The number of alkyl halides is 7. The average Bonchev–Trinajstić information content (AvgIpc) is 2.26. The van der Waals surface area contributed by atoms with Crippen LogP contribution in [-0.2, 0) is 12.4 Å². The fourth-order valence-corrected chi connectivity index (χ4v) is 1.48. The summed E-state index contributed by atoms with van der Waals surface area (Å²) in [5, 5.41) is 0. The van der Waals surface area contributed by atoms with Crippen LogP contribution < -0.4 is 5.73 Å². The summed E-state index contributed by atoms with van der Waals surface area (Å²) in [5.41, 5.74) is 2.06. The van der Waals surface area contributed by atoms with Gasteiger partial charge < -0.3 is 5.73 Å². The van der Waals surface area contributed by atoms with Crippen molar-refractivity contribution in [2.45, 2.75) is 24.8 Å². The van der Waals surface area contributed by atoms with E-state index in [0.717, 1.165) is 0 Å². The largest absolute Gasteiger partial charge is 0.416 e. The molecule has 0 spiro atoms. The number of halogens is 7. The van der Waals surface area contributed by atoms with Crippen LogP contribution in [0.5, 0.6) is 0 Å². The monoisotopic (exact) mass is 289 g/mol. The van der Waals surface area contributed by atoms with Gasteiger partial charge in [-0.3, -0.25) is 4.39 Å². The van der Waals surface area contributed by atoms with Crippen LogP contribution in [-0.4, -0.2) is 6.67 Å². The smallest absolute Gasteiger partial charge is 0.324 e. The highest BCUT2D eigenvalue weighted by Crippen LogP contribution is 2.37. The zero-order valence-corrected chi connectivity index (χ0v) is 9.45. The molecule has 2 N–H and O–H groups in total. The highest BCUT2D eigenvalue weighted by Gasteiger charge is 2.37. The second-order valence-corrected chi connectivity index (χ2v) is 3.92. The average molecular weight is 289 g/mol. The van der Waals surface area contributed by atoms with Gasteiger partial charge in [-0.25, -0.2) is 0 Å². The molecule has 0 saturated carbocycles. The van der Waals surface area contributed by atoms with Crippen LogP contribution in [0, 0.1) is 0 Å². The molecule has 0 saturated heterocycles. The predicted octanol–water partition coefficient (Wildman–Crippen LogP) is 4.08. The van der Waals surface area contributed by atoms with Crippen LogP contribution in [0.15, 0.2) is 18.2 Å². The van der Waals surface area contributed by atoms with Gasteiger partial charge in [0.05, 0.1) is 17.8 Å². The summed E-state index contributed by atoms with van der Waals surface area (Å²) in [6, 6.07) is -0.190. The van der Waals surface area contributed by atoms with E-state index >= 15 is 0 Å². The lowest BCUT2D eigenvalue weighted by atomic mass is 9.98. The van der Waals surface area contributed by atoms with Crippen molar-refractivity contribution >= 4 is 0 Å². The van der Waals surface area contributed by atoms with Gasteiger partial charge in [0.2, 0.25) is 0 Å². The van der Waals surface area contributed by atoms with Gasteiger partial charge in [0.1, 0.15) is 0 Å². The fourth-order valence-electron chi connectivity index (χ4n) is 1.48. The Balaban J connectivity index is 3.33. The lowest BCUT2D eigenvalue weighted by Crippen LogP contribution is -2.16.